The van der Waals surface area contributed by atoms with Gasteiger partial charge in [-0.2, -0.15) is 0 Å². The maximum atomic E-state index is 13.4. The van der Waals surface area contributed by atoms with E-state index in [0.29, 0.717) is 19.8 Å². The minimum atomic E-state index is -3.26. The zero-order chi connectivity index (χ0) is 34.6. The molecule has 0 aromatic rings. The number of rotatable bonds is 38. The van der Waals surface area contributed by atoms with Crippen LogP contribution in [0.1, 0.15) is 194 Å². The number of allylic oxidation sites excluding steroid dienone is 4. The van der Waals surface area contributed by atoms with Crippen molar-refractivity contribution in [3.05, 3.63) is 24.3 Å². The fourth-order valence-corrected chi connectivity index (χ4v) is 7.09. The van der Waals surface area contributed by atoms with Crippen LogP contribution in [0.5, 0.6) is 0 Å². The quantitative estimate of drug-likeness (QED) is 0.0222. The van der Waals surface area contributed by atoms with Crippen molar-refractivity contribution in [2.45, 2.75) is 194 Å². The summed E-state index contributed by atoms with van der Waals surface area (Å²) in [7, 11) is 3.18. The Morgan fingerprint density at radius 3 is 1.08 bits per heavy atom. The molecule has 0 fully saturated rings. The van der Waals surface area contributed by atoms with Crippen molar-refractivity contribution in [3.8, 4) is 0 Å². The highest BCUT2D eigenvalue weighted by atomic mass is 127. The standard InChI is InChI=1S/C41H84N2O3P.HI/c1-6-8-10-12-14-16-18-20-22-24-26-28-30-32-34-36-40-45-47(44,42-38-39-43(3,4)5)46-41-37-35-33-31-29-27-25-23-21-19-17-15-13-11-9-7-2;/h20-23H,6-19,24-41H2,1-5H3,(H,42,44);1H/q+1;/p-1/b22-20+,23-21+;. The third kappa shape index (κ3) is 40.7. The molecule has 5 nitrogen and oxygen atoms in total. The van der Waals surface area contributed by atoms with E-state index >= 15 is 0 Å². The monoisotopic (exact) mass is 811 g/mol. The Morgan fingerprint density at radius 2 is 0.771 bits per heavy atom. The summed E-state index contributed by atoms with van der Waals surface area (Å²) >= 11 is 0. The first-order valence-electron chi connectivity index (χ1n) is 20.6. The van der Waals surface area contributed by atoms with Gasteiger partial charge >= 0.3 is 7.75 Å². The van der Waals surface area contributed by atoms with E-state index in [4.69, 9.17) is 9.05 Å². The minimum Gasteiger partial charge on any atom is -1.00 e. The molecular formula is C41H84IN2O3P. The van der Waals surface area contributed by atoms with Gasteiger partial charge in [0.2, 0.25) is 0 Å². The van der Waals surface area contributed by atoms with Crippen LogP contribution < -0.4 is 29.1 Å². The Kier molecular flexibility index (Phi) is 40.4. The summed E-state index contributed by atoms with van der Waals surface area (Å²) in [5.74, 6) is 0. The summed E-state index contributed by atoms with van der Waals surface area (Å²) in [5, 5.41) is 3.14. The van der Waals surface area contributed by atoms with E-state index in [0.717, 1.165) is 36.7 Å². The van der Waals surface area contributed by atoms with E-state index in [1.165, 1.54) is 154 Å². The van der Waals surface area contributed by atoms with Gasteiger partial charge in [0.1, 0.15) is 0 Å². The SMILES string of the molecule is CCCCCCCC/C=C/CCCCCCCCOP(=O)(NCC[N+](C)(C)C)OCCCCCCCC/C=C/CCCCCCCC.[I-]. The average Bonchev–Trinajstić information content (AvgIpc) is 3.03. The van der Waals surface area contributed by atoms with E-state index in [-0.39, 0.29) is 24.0 Å². The molecule has 0 aromatic heterocycles. The van der Waals surface area contributed by atoms with Crippen molar-refractivity contribution in [1.29, 1.82) is 0 Å². The Hall–Kier alpha value is 0.280. The first-order valence-corrected chi connectivity index (χ1v) is 22.1. The molecule has 0 unspecified atom stereocenters. The van der Waals surface area contributed by atoms with Gasteiger partial charge in [-0.1, -0.05) is 154 Å². The number of nitrogens with zero attached hydrogens (tertiary/aromatic N) is 1. The largest absolute Gasteiger partial charge is 1.00 e. The van der Waals surface area contributed by atoms with Crippen LogP contribution in [0, 0.1) is 0 Å². The number of unbranched alkanes of at least 4 members (excludes halogenated alkanes) is 24. The second-order valence-electron chi connectivity index (χ2n) is 15.0. The van der Waals surface area contributed by atoms with Crippen molar-refractivity contribution >= 4 is 7.75 Å². The Labute approximate surface area is 318 Å². The molecule has 48 heavy (non-hydrogen) atoms. The summed E-state index contributed by atoms with van der Waals surface area (Å²) in [6.07, 6.45) is 45.4. The molecule has 0 aliphatic rings. The zero-order valence-electron chi connectivity index (χ0n) is 32.9. The summed E-state index contributed by atoms with van der Waals surface area (Å²) in [6, 6.07) is 0. The highest BCUT2D eigenvalue weighted by Crippen LogP contribution is 2.44. The third-order valence-corrected chi connectivity index (χ3v) is 10.6. The van der Waals surface area contributed by atoms with Crippen LogP contribution in [0.2, 0.25) is 0 Å². The van der Waals surface area contributed by atoms with Crippen molar-refractivity contribution in [2.75, 3.05) is 47.4 Å². The highest BCUT2D eigenvalue weighted by molar-refractivity contribution is 7.51. The first kappa shape index (κ1) is 50.4. The van der Waals surface area contributed by atoms with Crippen LogP contribution in [-0.2, 0) is 13.6 Å². The van der Waals surface area contributed by atoms with Gasteiger partial charge in [-0.25, -0.2) is 9.65 Å². The Balaban J connectivity index is 0. The van der Waals surface area contributed by atoms with Gasteiger partial charge < -0.3 is 28.5 Å². The second-order valence-corrected chi connectivity index (χ2v) is 16.8. The maximum Gasteiger partial charge on any atom is 0.405 e. The smallest absolute Gasteiger partial charge is 0.405 e. The summed E-state index contributed by atoms with van der Waals surface area (Å²) in [5.41, 5.74) is 0. The molecule has 0 spiro atoms. The van der Waals surface area contributed by atoms with Crippen LogP contribution in [-0.4, -0.2) is 51.9 Å². The molecule has 0 rings (SSSR count). The van der Waals surface area contributed by atoms with Crippen molar-refractivity contribution < 1.29 is 42.1 Å². The third-order valence-electron chi connectivity index (χ3n) is 8.92. The Morgan fingerprint density at radius 1 is 0.479 bits per heavy atom. The molecule has 1 N–H and O–H groups in total. The first-order chi connectivity index (χ1) is 22.8. The molecule has 0 radical (unpaired) electrons. The number of nitrogens with one attached hydrogen (secondary N) is 1. The predicted molar refractivity (Wildman–Crippen MR) is 209 cm³/mol. The molecule has 0 bridgehead atoms. The van der Waals surface area contributed by atoms with Crippen LogP contribution in [0.25, 0.3) is 0 Å². The highest BCUT2D eigenvalue weighted by Gasteiger charge is 2.25. The second kappa shape index (κ2) is 38.5. The van der Waals surface area contributed by atoms with E-state index < -0.39 is 7.75 Å². The van der Waals surface area contributed by atoms with Gasteiger partial charge in [-0.3, -0.25) is 9.05 Å². The van der Waals surface area contributed by atoms with Gasteiger partial charge in [0.05, 0.1) is 47.4 Å². The van der Waals surface area contributed by atoms with Crippen LogP contribution in [0.15, 0.2) is 24.3 Å². The van der Waals surface area contributed by atoms with Gasteiger partial charge in [-0.15, -0.1) is 0 Å². The minimum absolute atomic E-state index is 0. The van der Waals surface area contributed by atoms with Crippen molar-refractivity contribution in [2.24, 2.45) is 0 Å². The zero-order valence-corrected chi connectivity index (χ0v) is 36.0. The lowest BCUT2D eigenvalue weighted by molar-refractivity contribution is -0.869. The molecule has 0 aliphatic carbocycles. The van der Waals surface area contributed by atoms with E-state index in [9.17, 15) is 4.57 Å². The van der Waals surface area contributed by atoms with E-state index in [1.807, 2.05) is 0 Å². The lowest BCUT2D eigenvalue weighted by Crippen LogP contribution is -3.00. The topological polar surface area (TPSA) is 47.6 Å². The molecule has 0 saturated heterocycles. The summed E-state index contributed by atoms with van der Waals surface area (Å²) < 4.78 is 26.0. The number of halogens is 1. The lowest BCUT2D eigenvalue weighted by Gasteiger charge is -2.25. The van der Waals surface area contributed by atoms with E-state index in [2.05, 4.69) is 64.4 Å². The molecule has 0 atom stereocenters. The van der Waals surface area contributed by atoms with Crippen molar-refractivity contribution in [1.82, 2.24) is 5.09 Å². The Bertz CT molecular complexity index is 694. The summed E-state index contributed by atoms with van der Waals surface area (Å²) in [4.78, 5) is 0. The van der Waals surface area contributed by atoms with Gasteiger partial charge in [0, 0.05) is 0 Å². The molecule has 7 heteroatoms. The van der Waals surface area contributed by atoms with Gasteiger partial charge in [-0.05, 0) is 64.2 Å². The number of hydrogen-bond donors (Lipinski definition) is 1. The molecular weight excluding hydrogens is 726 g/mol. The van der Waals surface area contributed by atoms with Gasteiger partial charge in [0.25, 0.3) is 0 Å². The average molecular weight is 811 g/mol. The van der Waals surface area contributed by atoms with Crippen LogP contribution >= 0.6 is 7.75 Å². The molecule has 0 aromatic carbocycles. The number of quaternary nitrogens is 1. The maximum absolute atomic E-state index is 13.4. The lowest BCUT2D eigenvalue weighted by atomic mass is 10.1. The van der Waals surface area contributed by atoms with Crippen LogP contribution in [0.3, 0.4) is 0 Å². The summed E-state index contributed by atoms with van der Waals surface area (Å²) in [6.45, 7) is 7.07. The molecule has 0 heterocycles. The molecule has 0 aliphatic heterocycles. The fraction of sp³-hybridized carbons (Fsp3) is 0.902. The van der Waals surface area contributed by atoms with Gasteiger partial charge in [0.15, 0.2) is 0 Å². The normalized spacial score (nSPS) is 12.4. The van der Waals surface area contributed by atoms with Crippen LogP contribution in [0.4, 0.5) is 0 Å². The fourth-order valence-electron chi connectivity index (χ4n) is 5.72. The predicted octanol–water partition coefficient (Wildman–Crippen LogP) is 10.5. The number of hydrogen-bond acceptors (Lipinski definition) is 3. The molecule has 0 amide bonds. The molecule has 288 valence electrons. The van der Waals surface area contributed by atoms with E-state index in [1.54, 1.807) is 0 Å². The number of likely N-dealkylation sites (N-methyl/N-ethyl adjacent to an activating group) is 1. The van der Waals surface area contributed by atoms with Crippen molar-refractivity contribution in [3.63, 3.8) is 0 Å². The molecule has 0 saturated carbocycles.